The maximum Gasteiger partial charge on any atom is 0.189 e. The van der Waals surface area contributed by atoms with E-state index < -0.39 is 0 Å². The van der Waals surface area contributed by atoms with E-state index in [0.29, 0.717) is 17.7 Å². The molecule has 0 radical (unpaired) electrons. The average Bonchev–Trinajstić information content (AvgIpc) is 3.21. The summed E-state index contributed by atoms with van der Waals surface area (Å²) < 4.78 is 20.6. The van der Waals surface area contributed by atoms with Gasteiger partial charge in [0, 0.05) is 38.7 Å². The molecule has 0 saturated carbocycles. The molecule has 1 fully saturated rings. The van der Waals surface area contributed by atoms with Crippen LogP contribution in [0.1, 0.15) is 41.3 Å². The maximum absolute atomic E-state index is 15.0. The first kappa shape index (κ1) is 16.7. The van der Waals surface area contributed by atoms with Crippen molar-refractivity contribution in [3.05, 3.63) is 58.9 Å². The number of rotatable bonds is 2. The zero-order valence-electron chi connectivity index (χ0n) is 15.2. The average molecular weight is 364 g/mol. The van der Waals surface area contributed by atoms with Gasteiger partial charge in [-0.15, -0.1) is 0 Å². The van der Waals surface area contributed by atoms with Crippen LogP contribution in [0.25, 0.3) is 22.2 Å². The van der Waals surface area contributed by atoms with Gasteiger partial charge in [0.2, 0.25) is 0 Å². The normalized spacial score (nSPS) is 22.4. The van der Waals surface area contributed by atoms with Gasteiger partial charge in [-0.1, -0.05) is 24.3 Å². The van der Waals surface area contributed by atoms with Crippen LogP contribution in [-0.4, -0.2) is 23.9 Å². The molecule has 0 spiro atoms. The summed E-state index contributed by atoms with van der Waals surface area (Å²) in [5.74, 6) is -0.229. The van der Waals surface area contributed by atoms with Gasteiger partial charge in [0.25, 0.3) is 0 Å². The monoisotopic (exact) mass is 364 g/mol. The molecule has 0 bridgehead atoms. The molecule has 2 aliphatic rings. The molecule has 3 heterocycles. The summed E-state index contributed by atoms with van der Waals surface area (Å²) >= 11 is 0. The highest BCUT2D eigenvalue weighted by atomic mass is 19.1. The second-order valence-corrected chi connectivity index (χ2v) is 7.68. The number of hydrogen-bond donors (Lipinski definition) is 2. The fourth-order valence-electron chi connectivity index (χ4n) is 4.51. The lowest BCUT2D eigenvalue weighted by Crippen LogP contribution is -2.34. The van der Waals surface area contributed by atoms with Gasteiger partial charge in [-0.2, -0.15) is 0 Å². The van der Waals surface area contributed by atoms with E-state index in [0.717, 1.165) is 47.1 Å². The Bertz CT molecular complexity index is 1060. The Balaban J connectivity index is 1.66. The van der Waals surface area contributed by atoms with Crippen molar-refractivity contribution in [2.45, 2.75) is 31.9 Å². The first-order valence-corrected chi connectivity index (χ1v) is 9.37. The molecule has 1 aromatic heterocycles. The number of aromatic amines is 1. The number of nitrogens with one attached hydrogen (secondary N) is 2. The first-order valence-electron chi connectivity index (χ1n) is 9.37. The van der Waals surface area contributed by atoms with Crippen molar-refractivity contribution in [2.75, 3.05) is 13.2 Å². The largest absolute Gasteiger partial charge is 0.369 e. The van der Waals surface area contributed by atoms with E-state index in [9.17, 15) is 4.79 Å². The van der Waals surface area contributed by atoms with Crippen LogP contribution in [0.5, 0.6) is 0 Å². The third kappa shape index (κ3) is 2.53. The standard InChI is InChI=1S/C22H21FN2O2/c1-22(8-3-9-24-22)16-7-6-13(10-17(16)23)21-15-11-27-12-19(26)14-4-2-5-18(25-21)20(14)15/h2,4-7,10,24-25H,3,8-9,11-12H2,1H3/t22-/m0/s1. The Hall–Kier alpha value is -2.50. The van der Waals surface area contributed by atoms with Gasteiger partial charge in [0.05, 0.1) is 12.3 Å². The van der Waals surface area contributed by atoms with E-state index in [1.807, 2.05) is 30.3 Å². The van der Waals surface area contributed by atoms with Gasteiger partial charge in [-0.05, 0) is 38.4 Å². The van der Waals surface area contributed by atoms with Crippen LogP contribution in [0.4, 0.5) is 4.39 Å². The van der Waals surface area contributed by atoms with Gasteiger partial charge in [0.15, 0.2) is 5.78 Å². The van der Waals surface area contributed by atoms with Crippen LogP contribution in [0.2, 0.25) is 0 Å². The summed E-state index contributed by atoms with van der Waals surface area (Å²) in [5, 5.41) is 4.31. The summed E-state index contributed by atoms with van der Waals surface area (Å²) in [7, 11) is 0. The molecule has 3 aromatic rings. The van der Waals surface area contributed by atoms with Gasteiger partial charge in [-0.3, -0.25) is 4.79 Å². The number of carbonyl (C=O) groups is 1. The molecule has 27 heavy (non-hydrogen) atoms. The SMILES string of the molecule is C[C@@]1(c2ccc(-c3[nH]c4cccc5c4c3COCC5=O)cc2F)CCCN1. The van der Waals surface area contributed by atoms with Gasteiger partial charge in [-0.25, -0.2) is 4.39 Å². The zero-order valence-corrected chi connectivity index (χ0v) is 15.2. The van der Waals surface area contributed by atoms with Crippen molar-refractivity contribution in [3.63, 3.8) is 0 Å². The molecule has 4 nitrogen and oxygen atoms in total. The highest BCUT2D eigenvalue weighted by Gasteiger charge is 2.32. The van der Waals surface area contributed by atoms with E-state index in [4.69, 9.17) is 4.74 Å². The molecule has 2 aliphatic heterocycles. The molecule has 1 atom stereocenters. The molecule has 0 unspecified atom stereocenters. The number of halogens is 1. The smallest absolute Gasteiger partial charge is 0.189 e. The van der Waals surface area contributed by atoms with Crippen LogP contribution in [0.3, 0.4) is 0 Å². The van der Waals surface area contributed by atoms with Crippen LogP contribution in [0.15, 0.2) is 36.4 Å². The van der Waals surface area contributed by atoms with Crippen LogP contribution < -0.4 is 5.32 Å². The fraction of sp³-hybridized carbons (Fsp3) is 0.318. The number of hydrogen-bond acceptors (Lipinski definition) is 3. The molecule has 5 heteroatoms. The van der Waals surface area contributed by atoms with Gasteiger partial charge >= 0.3 is 0 Å². The topological polar surface area (TPSA) is 54.1 Å². The minimum Gasteiger partial charge on any atom is -0.369 e. The summed E-state index contributed by atoms with van der Waals surface area (Å²) in [6.07, 6.45) is 1.98. The summed E-state index contributed by atoms with van der Waals surface area (Å²) in [4.78, 5) is 15.7. The number of H-pyrrole nitrogens is 1. The van der Waals surface area contributed by atoms with Crippen molar-refractivity contribution in [1.29, 1.82) is 0 Å². The Morgan fingerprint density at radius 1 is 1.19 bits per heavy atom. The minimum absolute atomic E-state index is 0.0216. The molecule has 5 rings (SSSR count). The van der Waals surface area contributed by atoms with Crippen molar-refractivity contribution in [1.82, 2.24) is 10.3 Å². The number of ketones is 1. The molecule has 0 aliphatic carbocycles. The minimum atomic E-state index is -0.308. The van der Waals surface area contributed by atoms with E-state index in [1.165, 1.54) is 0 Å². The van der Waals surface area contributed by atoms with Crippen molar-refractivity contribution >= 4 is 16.7 Å². The van der Waals surface area contributed by atoms with E-state index in [2.05, 4.69) is 17.2 Å². The Kier molecular flexibility index (Phi) is 3.71. The summed E-state index contributed by atoms with van der Waals surface area (Å²) in [6.45, 7) is 3.38. The highest BCUT2D eigenvalue weighted by Crippen LogP contribution is 2.37. The van der Waals surface area contributed by atoms with Crippen molar-refractivity contribution in [2.24, 2.45) is 0 Å². The van der Waals surface area contributed by atoms with E-state index in [1.54, 1.807) is 6.07 Å². The summed E-state index contributed by atoms with van der Waals surface area (Å²) in [6, 6.07) is 11.1. The second kappa shape index (κ2) is 6.01. The number of aromatic nitrogens is 1. The maximum atomic E-state index is 15.0. The van der Waals surface area contributed by atoms with Crippen molar-refractivity contribution in [3.8, 4) is 11.3 Å². The van der Waals surface area contributed by atoms with Crippen LogP contribution >= 0.6 is 0 Å². The van der Waals surface area contributed by atoms with Gasteiger partial charge in [0.1, 0.15) is 12.4 Å². The molecule has 0 amide bonds. The first-order chi connectivity index (χ1) is 13.1. The lowest BCUT2D eigenvalue weighted by molar-refractivity contribution is 0.0742. The number of benzene rings is 2. The van der Waals surface area contributed by atoms with E-state index >= 15 is 4.39 Å². The molecule has 138 valence electrons. The molecule has 2 N–H and O–H groups in total. The van der Waals surface area contributed by atoms with Gasteiger partial charge < -0.3 is 15.0 Å². The highest BCUT2D eigenvalue weighted by molar-refractivity contribution is 6.11. The lowest BCUT2D eigenvalue weighted by Gasteiger charge is -2.25. The van der Waals surface area contributed by atoms with E-state index in [-0.39, 0.29) is 23.7 Å². The predicted octanol–water partition coefficient (Wildman–Crippen LogP) is 4.29. The predicted molar refractivity (Wildman–Crippen MR) is 102 cm³/mol. The molecule has 1 saturated heterocycles. The number of carbonyl (C=O) groups excluding carboxylic acids is 1. The Morgan fingerprint density at radius 2 is 2.07 bits per heavy atom. The number of Topliss-reactive ketones (excluding diaryl/α,β-unsaturated/α-hetero) is 1. The Morgan fingerprint density at radius 3 is 2.85 bits per heavy atom. The number of ether oxygens (including phenoxy) is 1. The van der Waals surface area contributed by atoms with Crippen molar-refractivity contribution < 1.29 is 13.9 Å². The third-order valence-corrected chi connectivity index (χ3v) is 5.93. The lowest BCUT2D eigenvalue weighted by atomic mass is 9.89. The fourth-order valence-corrected chi connectivity index (χ4v) is 4.51. The molecule has 2 aromatic carbocycles. The molecular formula is C22H21FN2O2. The van der Waals surface area contributed by atoms with Crippen LogP contribution in [0, 0.1) is 5.82 Å². The quantitative estimate of drug-likeness (QED) is 0.713. The third-order valence-electron chi connectivity index (χ3n) is 5.93. The summed E-state index contributed by atoms with van der Waals surface area (Å²) in [5.41, 5.74) is 4.46. The zero-order chi connectivity index (χ0) is 18.6. The molecular weight excluding hydrogens is 343 g/mol. The Labute approximate surface area is 156 Å². The second-order valence-electron chi connectivity index (χ2n) is 7.68. The van der Waals surface area contributed by atoms with Crippen LogP contribution in [-0.2, 0) is 16.9 Å².